The first kappa shape index (κ1) is 17.9. The molecule has 1 amide bonds. The van der Waals surface area contributed by atoms with Crippen LogP contribution in [0.5, 0.6) is 0 Å². The minimum atomic E-state index is -3.26. The molecule has 0 aromatic heterocycles. The number of nitrogens with zero attached hydrogens (tertiary/aromatic N) is 2. The normalized spacial score (nSPS) is 17.3. The molecule has 23 heavy (non-hydrogen) atoms. The highest BCUT2D eigenvalue weighted by Crippen LogP contribution is 2.13. The first-order valence-corrected chi connectivity index (χ1v) is 9.23. The number of benzene rings is 1. The number of carbonyl (C=O) groups excluding carboxylic acids is 1. The number of aliphatic hydroxyl groups is 1. The van der Waals surface area contributed by atoms with Crippen molar-refractivity contribution in [2.75, 3.05) is 38.5 Å². The van der Waals surface area contributed by atoms with E-state index in [0.29, 0.717) is 38.3 Å². The van der Waals surface area contributed by atoms with Crippen LogP contribution in [0.1, 0.15) is 22.3 Å². The van der Waals surface area contributed by atoms with Crippen LogP contribution in [0.4, 0.5) is 0 Å². The molecule has 0 radical (unpaired) electrons. The maximum absolute atomic E-state index is 12.1. The highest BCUT2D eigenvalue weighted by atomic mass is 32.2. The Kier molecular flexibility index (Phi) is 6.11. The number of nitrogens with two attached hydrogens (primary N) is 1. The van der Waals surface area contributed by atoms with Gasteiger partial charge in [0.25, 0.3) is 0 Å². The lowest BCUT2D eigenvalue weighted by Gasteiger charge is -2.34. The second-order valence-electron chi connectivity index (χ2n) is 5.63. The lowest BCUT2D eigenvalue weighted by molar-refractivity contribution is 0.1000. The van der Waals surface area contributed by atoms with Gasteiger partial charge in [0.05, 0.1) is 5.75 Å². The lowest BCUT2D eigenvalue weighted by Crippen LogP contribution is -2.48. The summed E-state index contributed by atoms with van der Waals surface area (Å²) >= 11 is 0. The highest BCUT2D eigenvalue weighted by molar-refractivity contribution is 7.89. The van der Waals surface area contributed by atoms with Crippen LogP contribution in [-0.4, -0.2) is 67.2 Å². The summed E-state index contributed by atoms with van der Waals surface area (Å²) in [6, 6.07) is 7.13. The molecule has 8 heteroatoms. The summed E-state index contributed by atoms with van der Waals surface area (Å²) in [6.07, 6.45) is 0.273. The van der Waals surface area contributed by atoms with Crippen molar-refractivity contribution < 1.29 is 18.3 Å². The summed E-state index contributed by atoms with van der Waals surface area (Å²) in [5.74, 6) is -0.448. The molecule has 0 bridgehead atoms. The van der Waals surface area contributed by atoms with Gasteiger partial charge in [0.15, 0.2) is 0 Å². The van der Waals surface area contributed by atoms with Crippen LogP contribution >= 0.6 is 0 Å². The van der Waals surface area contributed by atoms with Crippen LogP contribution in [-0.2, 0) is 16.6 Å². The van der Waals surface area contributed by atoms with E-state index in [2.05, 4.69) is 4.90 Å². The standard InChI is InChI=1S/C15H23N3O4S/c16-15(20)14-4-2-13(3-5-14)12-17-6-8-18(9-7-17)23(21,22)11-1-10-19/h2-5,19H,1,6-12H2,(H2,16,20). The molecule has 7 nitrogen and oxygen atoms in total. The van der Waals surface area contributed by atoms with Gasteiger partial charge in [-0.15, -0.1) is 0 Å². The second kappa shape index (κ2) is 7.87. The molecule has 0 spiro atoms. The largest absolute Gasteiger partial charge is 0.396 e. The quantitative estimate of drug-likeness (QED) is 0.703. The molecule has 0 atom stereocenters. The number of primary amides is 1. The second-order valence-corrected chi connectivity index (χ2v) is 7.72. The van der Waals surface area contributed by atoms with E-state index in [9.17, 15) is 13.2 Å². The Balaban J connectivity index is 1.86. The van der Waals surface area contributed by atoms with E-state index in [0.717, 1.165) is 5.56 Å². The summed E-state index contributed by atoms with van der Waals surface area (Å²) in [4.78, 5) is 13.2. The highest BCUT2D eigenvalue weighted by Gasteiger charge is 2.26. The van der Waals surface area contributed by atoms with Crippen LogP contribution in [0.15, 0.2) is 24.3 Å². The molecule has 0 aliphatic carbocycles. The number of rotatable bonds is 7. The van der Waals surface area contributed by atoms with Gasteiger partial charge in [-0.3, -0.25) is 9.69 Å². The van der Waals surface area contributed by atoms with Crippen molar-refractivity contribution in [3.05, 3.63) is 35.4 Å². The number of carbonyl (C=O) groups is 1. The van der Waals surface area contributed by atoms with E-state index < -0.39 is 15.9 Å². The van der Waals surface area contributed by atoms with Crippen LogP contribution in [0.25, 0.3) is 0 Å². The Morgan fingerprint density at radius 1 is 1.13 bits per heavy atom. The number of hydrogen-bond acceptors (Lipinski definition) is 5. The third kappa shape index (κ3) is 5.00. The van der Waals surface area contributed by atoms with E-state index in [-0.39, 0.29) is 18.8 Å². The number of amides is 1. The van der Waals surface area contributed by atoms with Crippen LogP contribution < -0.4 is 5.73 Å². The minimum absolute atomic E-state index is 0.00191. The third-order valence-corrected chi connectivity index (χ3v) is 5.89. The maximum atomic E-state index is 12.1. The van der Waals surface area contributed by atoms with Gasteiger partial charge in [-0.1, -0.05) is 12.1 Å². The number of piperazine rings is 1. The molecule has 1 aliphatic rings. The van der Waals surface area contributed by atoms with E-state index >= 15 is 0 Å². The Morgan fingerprint density at radius 3 is 2.26 bits per heavy atom. The summed E-state index contributed by atoms with van der Waals surface area (Å²) < 4.78 is 25.6. The Morgan fingerprint density at radius 2 is 1.74 bits per heavy atom. The molecule has 0 saturated carbocycles. The molecule has 3 N–H and O–H groups in total. The number of aliphatic hydroxyl groups excluding tert-OH is 1. The first-order valence-electron chi connectivity index (χ1n) is 7.62. The van der Waals surface area contributed by atoms with E-state index in [1.54, 1.807) is 12.1 Å². The predicted octanol–water partition coefficient (Wildman–Crippen LogP) is -0.385. The molecular formula is C15H23N3O4S. The molecule has 0 unspecified atom stereocenters. The van der Waals surface area contributed by atoms with E-state index in [1.807, 2.05) is 12.1 Å². The van der Waals surface area contributed by atoms with Crippen molar-refractivity contribution in [2.45, 2.75) is 13.0 Å². The van der Waals surface area contributed by atoms with Crippen molar-refractivity contribution in [3.63, 3.8) is 0 Å². The smallest absolute Gasteiger partial charge is 0.248 e. The molecule has 1 saturated heterocycles. The fraction of sp³-hybridized carbons (Fsp3) is 0.533. The number of hydrogen-bond donors (Lipinski definition) is 2. The molecule has 2 rings (SSSR count). The summed E-state index contributed by atoms with van der Waals surface area (Å²) in [7, 11) is -3.26. The Hall–Kier alpha value is -1.48. The topological polar surface area (TPSA) is 104 Å². The Labute approximate surface area is 136 Å². The molecular weight excluding hydrogens is 318 g/mol. The SMILES string of the molecule is NC(=O)c1ccc(CN2CCN(S(=O)(=O)CCCO)CC2)cc1. The zero-order chi connectivity index (χ0) is 16.9. The van der Waals surface area contributed by atoms with Crippen molar-refractivity contribution in [2.24, 2.45) is 5.73 Å². The Bertz CT molecular complexity index is 623. The van der Waals surface area contributed by atoms with Gasteiger partial charge in [0.2, 0.25) is 15.9 Å². The van der Waals surface area contributed by atoms with Gasteiger partial charge in [0.1, 0.15) is 0 Å². The zero-order valence-corrected chi connectivity index (χ0v) is 13.8. The van der Waals surface area contributed by atoms with Crippen molar-refractivity contribution >= 4 is 15.9 Å². The zero-order valence-electron chi connectivity index (χ0n) is 13.0. The van der Waals surface area contributed by atoms with Crippen LogP contribution in [0.2, 0.25) is 0 Å². The first-order chi connectivity index (χ1) is 10.9. The summed E-state index contributed by atoms with van der Waals surface area (Å²) in [5.41, 5.74) is 6.75. The molecule has 1 aromatic rings. The van der Waals surface area contributed by atoms with Crippen molar-refractivity contribution in [1.29, 1.82) is 0 Å². The van der Waals surface area contributed by atoms with Gasteiger partial charge < -0.3 is 10.8 Å². The van der Waals surface area contributed by atoms with Gasteiger partial charge in [-0.25, -0.2) is 8.42 Å². The van der Waals surface area contributed by atoms with E-state index in [1.165, 1.54) is 4.31 Å². The molecule has 1 fully saturated rings. The maximum Gasteiger partial charge on any atom is 0.248 e. The fourth-order valence-corrected chi connectivity index (χ4v) is 4.05. The monoisotopic (exact) mass is 341 g/mol. The predicted molar refractivity (Wildman–Crippen MR) is 87.3 cm³/mol. The molecule has 128 valence electrons. The summed E-state index contributed by atoms with van der Waals surface area (Å²) in [6.45, 7) is 2.86. The van der Waals surface area contributed by atoms with Gasteiger partial charge >= 0.3 is 0 Å². The van der Waals surface area contributed by atoms with Gasteiger partial charge in [0, 0.05) is 44.9 Å². The molecule has 1 aliphatic heterocycles. The van der Waals surface area contributed by atoms with Crippen LogP contribution in [0.3, 0.4) is 0 Å². The van der Waals surface area contributed by atoms with Crippen molar-refractivity contribution in [1.82, 2.24) is 9.21 Å². The van der Waals surface area contributed by atoms with Crippen molar-refractivity contribution in [3.8, 4) is 0 Å². The lowest BCUT2D eigenvalue weighted by atomic mass is 10.1. The van der Waals surface area contributed by atoms with E-state index in [4.69, 9.17) is 10.8 Å². The minimum Gasteiger partial charge on any atom is -0.396 e. The fourth-order valence-electron chi connectivity index (χ4n) is 2.57. The van der Waals surface area contributed by atoms with Gasteiger partial charge in [-0.05, 0) is 24.1 Å². The van der Waals surface area contributed by atoms with Gasteiger partial charge in [-0.2, -0.15) is 4.31 Å². The van der Waals surface area contributed by atoms with Crippen LogP contribution in [0, 0.1) is 0 Å². The third-order valence-electron chi connectivity index (χ3n) is 3.93. The average molecular weight is 341 g/mol. The average Bonchev–Trinajstić information content (AvgIpc) is 2.54. The number of sulfonamides is 1. The molecule has 1 aromatic carbocycles. The summed E-state index contributed by atoms with van der Waals surface area (Å²) in [5, 5.41) is 8.77. The molecule has 1 heterocycles.